The Morgan fingerprint density at radius 1 is 1.42 bits per heavy atom. The number of aromatic nitrogens is 2. The molecule has 1 aliphatic rings. The van der Waals surface area contributed by atoms with Crippen molar-refractivity contribution in [2.45, 2.75) is 32.4 Å². The van der Waals surface area contributed by atoms with Gasteiger partial charge in [-0.05, 0) is 12.0 Å². The first-order valence-corrected chi connectivity index (χ1v) is 8.45. The Hall–Kier alpha value is -2.18. The van der Waals surface area contributed by atoms with Crippen molar-refractivity contribution in [3.8, 4) is 0 Å². The first-order chi connectivity index (χ1) is 11.7. The molecule has 6 nitrogen and oxygen atoms in total. The highest BCUT2D eigenvalue weighted by molar-refractivity contribution is 5.90. The lowest BCUT2D eigenvalue weighted by atomic mass is 10.1. The third-order valence-electron chi connectivity index (χ3n) is 4.16. The van der Waals surface area contributed by atoms with Crippen molar-refractivity contribution >= 4 is 11.7 Å². The second-order valence-electron chi connectivity index (χ2n) is 6.10. The molecule has 128 valence electrons. The number of nitrogens with zero attached hydrogens (tertiary/aromatic N) is 2. The van der Waals surface area contributed by atoms with Crippen LogP contribution in [-0.4, -0.2) is 46.8 Å². The number of rotatable bonds is 6. The lowest BCUT2D eigenvalue weighted by Crippen LogP contribution is -2.43. The Labute approximate surface area is 142 Å². The number of aryl methyl sites for hydroxylation is 1. The van der Waals surface area contributed by atoms with Gasteiger partial charge < -0.3 is 10.1 Å². The fourth-order valence-electron chi connectivity index (χ4n) is 2.90. The summed E-state index contributed by atoms with van der Waals surface area (Å²) in [6.07, 6.45) is 1.13. The fourth-order valence-corrected chi connectivity index (χ4v) is 2.90. The van der Waals surface area contributed by atoms with Gasteiger partial charge in [-0.3, -0.25) is 14.8 Å². The van der Waals surface area contributed by atoms with Gasteiger partial charge in [-0.1, -0.05) is 37.3 Å². The Morgan fingerprint density at radius 3 is 3.00 bits per heavy atom. The summed E-state index contributed by atoms with van der Waals surface area (Å²) in [7, 11) is 0. The van der Waals surface area contributed by atoms with E-state index in [9.17, 15) is 4.79 Å². The zero-order valence-electron chi connectivity index (χ0n) is 14.0. The van der Waals surface area contributed by atoms with Gasteiger partial charge >= 0.3 is 0 Å². The quantitative estimate of drug-likeness (QED) is 0.853. The Morgan fingerprint density at radius 2 is 2.25 bits per heavy atom. The monoisotopic (exact) mass is 328 g/mol. The number of ether oxygens (including phenoxy) is 1. The van der Waals surface area contributed by atoms with Crippen LogP contribution < -0.4 is 5.32 Å². The minimum absolute atomic E-state index is 0.0595. The molecule has 2 heterocycles. The molecule has 0 aliphatic carbocycles. The van der Waals surface area contributed by atoms with E-state index in [-0.39, 0.29) is 12.0 Å². The van der Waals surface area contributed by atoms with Gasteiger partial charge in [0, 0.05) is 31.4 Å². The number of carbonyl (C=O) groups excluding carboxylic acids is 1. The summed E-state index contributed by atoms with van der Waals surface area (Å²) in [5.74, 6) is 0.518. The first-order valence-electron chi connectivity index (χ1n) is 8.45. The van der Waals surface area contributed by atoms with Crippen LogP contribution in [0.2, 0.25) is 0 Å². The molecule has 6 heteroatoms. The van der Waals surface area contributed by atoms with Crippen molar-refractivity contribution in [2.24, 2.45) is 0 Å². The average Bonchev–Trinajstić information content (AvgIpc) is 3.03. The van der Waals surface area contributed by atoms with Crippen molar-refractivity contribution in [3.63, 3.8) is 0 Å². The summed E-state index contributed by atoms with van der Waals surface area (Å²) in [6.45, 7) is 5.25. The van der Waals surface area contributed by atoms with Gasteiger partial charge in [0.2, 0.25) is 5.91 Å². The lowest BCUT2D eigenvalue weighted by molar-refractivity contribution is -0.121. The number of amides is 1. The standard InChI is InChI=1S/C18H24N4O2/c1-2-15-10-17(21-20-15)19-18(23)11-16-13-22(8-9-24-16)12-14-6-4-3-5-7-14/h3-7,10,16H,2,8-9,11-13H2,1H3,(H2,19,20,21,23)/t16-/m0/s1. The van der Waals surface area contributed by atoms with E-state index in [0.29, 0.717) is 18.8 Å². The molecule has 0 spiro atoms. The van der Waals surface area contributed by atoms with Crippen LogP contribution >= 0.6 is 0 Å². The van der Waals surface area contributed by atoms with E-state index >= 15 is 0 Å². The molecule has 1 fully saturated rings. The summed E-state index contributed by atoms with van der Waals surface area (Å²) in [5, 5.41) is 9.81. The number of carbonyl (C=O) groups is 1. The number of benzene rings is 1. The van der Waals surface area contributed by atoms with Crippen LogP contribution in [-0.2, 0) is 22.5 Å². The second kappa shape index (κ2) is 8.08. The van der Waals surface area contributed by atoms with Gasteiger partial charge in [0.25, 0.3) is 0 Å². The smallest absolute Gasteiger partial charge is 0.228 e. The van der Waals surface area contributed by atoms with E-state index in [1.807, 2.05) is 19.1 Å². The minimum atomic E-state index is -0.0768. The number of aromatic amines is 1. The molecule has 1 aromatic carbocycles. The van der Waals surface area contributed by atoms with E-state index in [1.165, 1.54) is 5.56 Å². The molecule has 1 atom stereocenters. The molecule has 2 aromatic rings. The molecule has 2 N–H and O–H groups in total. The van der Waals surface area contributed by atoms with Gasteiger partial charge in [0.1, 0.15) is 0 Å². The summed E-state index contributed by atoms with van der Waals surface area (Å²) in [4.78, 5) is 14.5. The topological polar surface area (TPSA) is 70.2 Å². The number of hydrogen-bond donors (Lipinski definition) is 2. The molecule has 1 aliphatic heterocycles. The van der Waals surface area contributed by atoms with Crippen LogP contribution in [0.4, 0.5) is 5.82 Å². The summed E-state index contributed by atoms with van der Waals surface area (Å²) in [6, 6.07) is 12.2. The largest absolute Gasteiger partial charge is 0.375 e. The molecular weight excluding hydrogens is 304 g/mol. The SMILES string of the molecule is CCc1cc(NC(=O)C[C@H]2CN(Cc3ccccc3)CCO2)n[nH]1. The van der Waals surface area contributed by atoms with Crippen molar-refractivity contribution in [1.82, 2.24) is 15.1 Å². The second-order valence-corrected chi connectivity index (χ2v) is 6.10. The molecular formula is C18H24N4O2. The maximum Gasteiger partial charge on any atom is 0.228 e. The lowest BCUT2D eigenvalue weighted by Gasteiger charge is -2.32. The average molecular weight is 328 g/mol. The summed E-state index contributed by atoms with van der Waals surface area (Å²) in [5.41, 5.74) is 2.29. The predicted octanol–water partition coefficient (Wildman–Crippen LogP) is 2.20. The number of nitrogens with one attached hydrogen (secondary N) is 2. The van der Waals surface area contributed by atoms with Crippen LogP contribution in [0.15, 0.2) is 36.4 Å². The zero-order valence-corrected chi connectivity index (χ0v) is 14.0. The molecule has 1 saturated heterocycles. The Bertz CT molecular complexity index is 656. The number of anilines is 1. The van der Waals surface area contributed by atoms with E-state index in [0.717, 1.165) is 31.7 Å². The number of H-pyrrole nitrogens is 1. The maximum absolute atomic E-state index is 12.2. The van der Waals surface area contributed by atoms with Gasteiger partial charge in [0.05, 0.1) is 19.1 Å². The van der Waals surface area contributed by atoms with Crippen LogP contribution in [0.25, 0.3) is 0 Å². The zero-order chi connectivity index (χ0) is 16.8. The highest BCUT2D eigenvalue weighted by Crippen LogP contribution is 2.14. The van der Waals surface area contributed by atoms with E-state index in [1.54, 1.807) is 0 Å². The van der Waals surface area contributed by atoms with Crippen molar-refractivity contribution < 1.29 is 9.53 Å². The van der Waals surface area contributed by atoms with Crippen molar-refractivity contribution in [2.75, 3.05) is 25.0 Å². The molecule has 1 aromatic heterocycles. The summed E-state index contributed by atoms with van der Waals surface area (Å²) >= 11 is 0. The highest BCUT2D eigenvalue weighted by Gasteiger charge is 2.23. The van der Waals surface area contributed by atoms with Crippen LogP contribution in [0, 0.1) is 0 Å². The maximum atomic E-state index is 12.2. The van der Waals surface area contributed by atoms with Gasteiger partial charge in [-0.15, -0.1) is 0 Å². The van der Waals surface area contributed by atoms with Crippen LogP contribution in [0.3, 0.4) is 0 Å². The van der Waals surface area contributed by atoms with Crippen molar-refractivity contribution in [3.05, 3.63) is 47.7 Å². The van der Waals surface area contributed by atoms with Gasteiger partial charge in [0.15, 0.2) is 5.82 Å². The molecule has 3 rings (SSSR count). The number of hydrogen-bond acceptors (Lipinski definition) is 4. The van der Waals surface area contributed by atoms with Gasteiger partial charge in [-0.25, -0.2) is 0 Å². The Balaban J connectivity index is 1.48. The van der Waals surface area contributed by atoms with Crippen molar-refractivity contribution in [1.29, 1.82) is 0 Å². The normalized spacial score (nSPS) is 18.5. The summed E-state index contributed by atoms with van der Waals surface area (Å²) < 4.78 is 5.75. The van der Waals surface area contributed by atoms with E-state index < -0.39 is 0 Å². The van der Waals surface area contributed by atoms with E-state index in [4.69, 9.17) is 4.74 Å². The molecule has 1 amide bonds. The number of morpholine rings is 1. The van der Waals surface area contributed by atoms with Gasteiger partial charge in [-0.2, -0.15) is 5.10 Å². The first kappa shape index (κ1) is 16.7. The third-order valence-corrected chi connectivity index (χ3v) is 4.16. The third kappa shape index (κ3) is 4.66. The molecule has 0 unspecified atom stereocenters. The van der Waals surface area contributed by atoms with Crippen LogP contribution in [0.1, 0.15) is 24.6 Å². The molecule has 0 bridgehead atoms. The van der Waals surface area contributed by atoms with Crippen LogP contribution in [0.5, 0.6) is 0 Å². The molecule has 0 radical (unpaired) electrons. The minimum Gasteiger partial charge on any atom is -0.375 e. The Kier molecular flexibility index (Phi) is 5.61. The predicted molar refractivity (Wildman–Crippen MR) is 92.7 cm³/mol. The molecule has 24 heavy (non-hydrogen) atoms. The highest BCUT2D eigenvalue weighted by atomic mass is 16.5. The van der Waals surface area contributed by atoms with E-state index in [2.05, 4.69) is 44.7 Å². The molecule has 0 saturated carbocycles. The fraction of sp³-hybridized carbons (Fsp3) is 0.444.